The molecule has 0 amide bonds. The minimum Gasteiger partial charge on any atom is -0.299 e. The predicted molar refractivity (Wildman–Crippen MR) is 64.6 cm³/mol. The zero-order chi connectivity index (χ0) is 11.1. The molecule has 2 nitrogen and oxygen atoms in total. The fraction of sp³-hybridized carbons (Fsp3) is 0.923. The lowest BCUT2D eigenvalue weighted by Gasteiger charge is -2.28. The fourth-order valence-corrected chi connectivity index (χ4v) is 5.93. The van der Waals surface area contributed by atoms with E-state index in [0.29, 0.717) is 22.2 Å². The molecule has 2 saturated heterocycles. The van der Waals surface area contributed by atoms with Crippen LogP contribution in [0, 0.1) is 11.8 Å². The lowest BCUT2D eigenvalue weighted by molar-refractivity contribution is -0.127. The lowest BCUT2D eigenvalue weighted by Crippen LogP contribution is -2.34. The van der Waals surface area contributed by atoms with Crippen LogP contribution in [0.3, 0.4) is 0 Å². The van der Waals surface area contributed by atoms with Crippen LogP contribution in [-0.2, 0) is 15.6 Å². The maximum absolute atomic E-state index is 12.3. The summed E-state index contributed by atoms with van der Waals surface area (Å²) in [5, 5.41) is 0.711. The van der Waals surface area contributed by atoms with Gasteiger partial charge in [-0.3, -0.25) is 9.00 Å². The number of carbonyl (C=O) groups is 1. The second-order valence-corrected chi connectivity index (χ2v) is 7.69. The first-order chi connectivity index (χ1) is 7.75. The maximum atomic E-state index is 12.3. The van der Waals surface area contributed by atoms with E-state index in [1.54, 1.807) is 0 Å². The highest BCUT2D eigenvalue weighted by Gasteiger charge is 2.44. The Labute approximate surface area is 99.6 Å². The van der Waals surface area contributed by atoms with Crippen molar-refractivity contribution < 1.29 is 9.00 Å². The number of fused-ring (bicyclic) bond motifs is 2. The predicted octanol–water partition coefficient (Wildman–Crippen LogP) is 2.44. The topological polar surface area (TPSA) is 34.1 Å². The van der Waals surface area contributed by atoms with Gasteiger partial charge in [0.2, 0.25) is 0 Å². The number of ketones is 1. The summed E-state index contributed by atoms with van der Waals surface area (Å²) >= 11 is 0. The van der Waals surface area contributed by atoms with E-state index >= 15 is 0 Å². The van der Waals surface area contributed by atoms with E-state index in [1.165, 1.54) is 12.8 Å². The van der Waals surface area contributed by atoms with E-state index < -0.39 is 10.8 Å². The summed E-state index contributed by atoms with van der Waals surface area (Å²) in [6, 6.07) is 0. The fourth-order valence-electron chi connectivity index (χ4n) is 3.81. The highest BCUT2D eigenvalue weighted by molar-refractivity contribution is 7.86. The van der Waals surface area contributed by atoms with Crippen molar-refractivity contribution in [3.8, 4) is 0 Å². The Bertz CT molecular complexity index is 304. The van der Waals surface area contributed by atoms with Crippen molar-refractivity contribution in [2.24, 2.45) is 11.8 Å². The van der Waals surface area contributed by atoms with E-state index in [9.17, 15) is 9.00 Å². The van der Waals surface area contributed by atoms with Crippen LogP contribution in [0.15, 0.2) is 0 Å². The molecule has 3 fully saturated rings. The van der Waals surface area contributed by atoms with Gasteiger partial charge in [0, 0.05) is 33.1 Å². The van der Waals surface area contributed by atoms with E-state index in [4.69, 9.17) is 0 Å². The second kappa shape index (κ2) is 4.25. The summed E-state index contributed by atoms with van der Waals surface area (Å²) in [6.07, 6.45) is 8.78. The van der Waals surface area contributed by atoms with E-state index in [-0.39, 0.29) is 5.92 Å². The average molecular weight is 240 g/mol. The van der Waals surface area contributed by atoms with Crippen molar-refractivity contribution >= 4 is 16.6 Å². The van der Waals surface area contributed by atoms with Crippen LogP contribution < -0.4 is 0 Å². The second-order valence-electron chi connectivity index (χ2n) is 5.70. The molecule has 1 saturated carbocycles. The van der Waals surface area contributed by atoms with Crippen molar-refractivity contribution in [1.82, 2.24) is 0 Å². The SMILES string of the molecule is O=C(C1CCCC1)C1CC2CCC(C1)S2=O. The van der Waals surface area contributed by atoms with Gasteiger partial charge in [0.1, 0.15) is 5.78 Å². The molecule has 2 atom stereocenters. The molecule has 3 aliphatic rings. The average Bonchev–Trinajstić information content (AvgIpc) is 2.85. The third kappa shape index (κ3) is 1.77. The molecule has 1 aliphatic carbocycles. The Balaban J connectivity index is 1.68. The van der Waals surface area contributed by atoms with E-state index in [1.807, 2.05) is 0 Å². The number of carbonyl (C=O) groups excluding carboxylic acids is 1. The largest absolute Gasteiger partial charge is 0.299 e. The van der Waals surface area contributed by atoms with Crippen LogP contribution in [0.2, 0.25) is 0 Å². The summed E-state index contributed by atoms with van der Waals surface area (Å²) in [4.78, 5) is 12.3. The van der Waals surface area contributed by atoms with Crippen LogP contribution in [0.4, 0.5) is 0 Å². The minimum atomic E-state index is -0.610. The van der Waals surface area contributed by atoms with Crippen LogP contribution in [0.1, 0.15) is 51.4 Å². The molecule has 3 heteroatoms. The van der Waals surface area contributed by atoms with Gasteiger partial charge >= 0.3 is 0 Å². The molecule has 0 aromatic heterocycles. The first kappa shape index (κ1) is 10.9. The van der Waals surface area contributed by atoms with Gasteiger partial charge in [0.05, 0.1) is 0 Å². The molecule has 0 N–H and O–H groups in total. The van der Waals surface area contributed by atoms with Crippen LogP contribution in [0.25, 0.3) is 0 Å². The van der Waals surface area contributed by atoms with Gasteiger partial charge < -0.3 is 0 Å². The Morgan fingerprint density at radius 1 is 0.875 bits per heavy atom. The van der Waals surface area contributed by atoms with Gasteiger partial charge in [-0.25, -0.2) is 0 Å². The number of rotatable bonds is 2. The summed E-state index contributed by atoms with van der Waals surface area (Å²) in [5.74, 6) is 1.14. The Kier molecular flexibility index (Phi) is 2.90. The van der Waals surface area contributed by atoms with Crippen LogP contribution in [-0.4, -0.2) is 20.5 Å². The van der Waals surface area contributed by atoms with Gasteiger partial charge in [0.25, 0.3) is 0 Å². The monoisotopic (exact) mass is 240 g/mol. The molecular weight excluding hydrogens is 220 g/mol. The first-order valence-electron chi connectivity index (χ1n) is 6.69. The Morgan fingerprint density at radius 3 is 2.00 bits per heavy atom. The van der Waals surface area contributed by atoms with Crippen molar-refractivity contribution in [1.29, 1.82) is 0 Å². The highest BCUT2D eigenvalue weighted by Crippen LogP contribution is 2.41. The van der Waals surface area contributed by atoms with Crippen molar-refractivity contribution in [3.05, 3.63) is 0 Å². The van der Waals surface area contributed by atoms with Crippen LogP contribution >= 0.6 is 0 Å². The summed E-state index contributed by atoms with van der Waals surface area (Å²) in [7, 11) is -0.610. The standard InChI is InChI=1S/C13H20O2S/c14-13(9-3-1-2-4-9)10-7-11-5-6-12(8-10)16(11)15/h9-12H,1-8H2. The molecule has 2 heterocycles. The zero-order valence-corrected chi connectivity index (χ0v) is 10.5. The minimum absolute atomic E-state index is 0.262. The third-order valence-corrected chi connectivity index (χ3v) is 6.89. The van der Waals surface area contributed by atoms with E-state index in [2.05, 4.69) is 0 Å². The number of hydrogen-bond donors (Lipinski definition) is 0. The smallest absolute Gasteiger partial charge is 0.139 e. The summed E-state index contributed by atoms with van der Waals surface area (Å²) in [6.45, 7) is 0. The molecule has 0 aromatic carbocycles. The molecule has 2 unspecified atom stereocenters. The summed E-state index contributed by atoms with van der Waals surface area (Å²) < 4.78 is 11.9. The van der Waals surface area contributed by atoms with Crippen molar-refractivity contribution in [3.63, 3.8) is 0 Å². The normalized spacial score (nSPS) is 43.8. The maximum Gasteiger partial charge on any atom is 0.139 e. The van der Waals surface area contributed by atoms with Crippen LogP contribution in [0.5, 0.6) is 0 Å². The third-order valence-electron chi connectivity index (χ3n) is 4.72. The van der Waals surface area contributed by atoms with Gasteiger partial charge in [-0.1, -0.05) is 12.8 Å². The Hall–Kier alpha value is -0.180. The van der Waals surface area contributed by atoms with E-state index in [0.717, 1.165) is 38.5 Å². The van der Waals surface area contributed by atoms with Gasteiger partial charge in [-0.15, -0.1) is 0 Å². The number of hydrogen-bond acceptors (Lipinski definition) is 2. The van der Waals surface area contributed by atoms with Gasteiger partial charge in [0.15, 0.2) is 0 Å². The summed E-state index contributed by atoms with van der Waals surface area (Å²) in [5.41, 5.74) is 0. The number of Topliss-reactive ketones (excluding diaryl/α,β-unsaturated/α-hetero) is 1. The lowest BCUT2D eigenvalue weighted by atomic mass is 9.86. The molecule has 90 valence electrons. The quantitative estimate of drug-likeness (QED) is 0.743. The molecule has 0 spiro atoms. The molecule has 2 bridgehead atoms. The zero-order valence-electron chi connectivity index (χ0n) is 9.69. The molecule has 0 radical (unpaired) electrons. The molecule has 2 aliphatic heterocycles. The molecule has 0 aromatic rings. The molecule has 3 rings (SSSR count). The molecule has 16 heavy (non-hydrogen) atoms. The van der Waals surface area contributed by atoms with Crippen molar-refractivity contribution in [2.75, 3.05) is 0 Å². The van der Waals surface area contributed by atoms with Gasteiger partial charge in [-0.05, 0) is 38.5 Å². The van der Waals surface area contributed by atoms with Crippen molar-refractivity contribution in [2.45, 2.75) is 61.9 Å². The van der Waals surface area contributed by atoms with Gasteiger partial charge in [-0.2, -0.15) is 0 Å². The Morgan fingerprint density at radius 2 is 1.44 bits per heavy atom. The highest BCUT2D eigenvalue weighted by atomic mass is 32.2. The molecular formula is C13H20O2S. The first-order valence-corrected chi connectivity index (χ1v) is 7.96.